The third-order valence-electron chi connectivity index (χ3n) is 1.74. The van der Waals surface area contributed by atoms with Gasteiger partial charge in [0, 0.05) is 11.8 Å². The quantitative estimate of drug-likeness (QED) is 0.700. The highest BCUT2D eigenvalue weighted by molar-refractivity contribution is 5.91. The van der Waals surface area contributed by atoms with Crippen molar-refractivity contribution in [2.75, 3.05) is 26.0 Å². The Morgan fingerprint density at radius 1 is 1.57 bits per heavy atom. The molecule has 0 fully saturated rings. The third-order valence-corrected chi connectivity index (χ3v) is 1.74. The molecule has 76 valence electrons. The van der Waals surface area contributed by atoms with E-state index in [1.54, 1.807) is 13.2 Å². The molecule has 0 bridgehead atoms. The summed E-state index contributed by atoms with van der Waals surface area (Å²) in [5.41, 5.74) is 0.760. The molecule has 14 heavy (non-hydrogen) atoms. The van der Waals surface area contributed by atoms with Gasteiger partial charge in [-0.2, -0.15) is 0 Å². The van der Waals surface area contributed by atoms with Crippen LogP contribution in [0.4, 0.5) is 5.69 Å². The van der Waals surface area contributed by atoms with Gasteiger partial charge in [-0.05, 0) is 12.1 Å². The fourth-order valence-corrected chi connectivity index (χ4v) is 1.10. The average Bonchev–Trinajstić information content (AvgIpc) is 2.18. The summed E-state index contributed by atoms with van der Waals surface area (Å²) in [6.45, 7) is 0.428. The van der Waals surface area contributed by atoms with Crippen LogP contribution in [0.5, 0.6) is 5.75 Å². The van der Waals surface area contributed by atoms with E-state index < -0.39 is 0 Å². The van der Waals surface area contributed by atoms with E-state index in [0.29, 0.717) is 6.54 Å². The van der Waals surface area contributed by atoms with Crippen LogP contribution in [0.25, 0.3) is 0 Å². The Kier molecular flexibility index (Phi) is 3.94. The van der Waals surface area contributed by atoms with Gasteiger partial charge in [0.05, 0.1) is 14.2 Å². The predicted molar refractivity (Wildman–Crippen MR) is 54.3 cm³/mol. The summed E-state index contributed by atoms with van der Waals surface area (Å²) in [4.78, 5) is 11.2. The molecule has 3 N–H and O–H groups in total. The summed E-state index contributed by atoms with van der Waals surface area (Å²) >= 11 is 0. The number of hydrogen-bond donors (Lipinski definition) is 2. The highest BCUT2D eigenvalue weighted by Gasteiger charge is 2.02. The highest BCUT2D eigenvalue weighted by Crippen LogP contribution is 2.16. The Balaban J connectivity index is 2.62. The molecular formula is C10H15N2O2+. The van der Waals surface area contributed by atoms with E-state index in [2.05, 4.69) is 5.32 Å². The van der Waals surface area contributed by atoms with Crippen molar-refractivity contribution in [1.29, 1.82) is 0 Å². The second kappa shape index (κ2) is 5.24. The van der Waals surface area contributed by atoms with Crippen LogP contribution in [-0.2, 0) is 4.79 Å². The average molecular weight is 195 g/mol. The lowest BCUT2D eigenvalue weighted by atomic mass is 10.3. The van der Waals surface area contributed by atoms with Crippen molar-refractivity contribution < 1.29 is 14.8 Å². The molecule has 0 aliphatic rings. The first-order valence-corrected chi connectivity index (χ1v) is 4.48. The molecule has 4 nitrogen and oxygen atoms in total. The van der Waals surface area contributed by atoms with Gasteiger partial charge in [0.15, 0.2) is 6.54 Å². The molecule has 1 aromatic carbocycles. The number of rotatable bonds is 4. The smallest absolute Gasteiger partial charge is 0.279 e. The lowest BCUT2D eigenvalue weighted by Gasteiger charge is -2.05. The standard InChI is InChI=1S/C10H14N2O2/c1-11-7-10(13)12-8-4-3-5-9(6-8)14-2/h3-6,11H,7H2,1-2H3,(H,12,13)/p+1. The number of nitrogens with two attached hydrogens (primary N) is 1. The lowest BCUT2D eigenvalue weighted by Crippen LogP contribution is -2.82. The Morgan fingerprint density at radius 3 is 3.00 bits per heavy atom. The molecule has 0 saturated heterocycles. The van der Waals surface area contributed by atoms with Crippen molar-refractivity contribution in [2.45, 2.75) is 0 Å². The predicted octanol–water partition coefficient (Wildman–Crippen LogP) is -0.173. The maximum absolute atomic E-state index is 11.2. The van der Waals surface area contributed by atoms with Crippen molar-refractivity contribution in [2.24, 2.45) is 0 Å². The number of likely N-dealkylation sites (N-methyl/N-ethyl adjacent to an activating group) is 1. The first-order chi connectivity index (χ1) is 6.76. The second-order valence-electron chi connectivity index (χ2n) is 2.89. The number of nitrogens with one attached hydrogen (secondary N) is 1. The van der Waals surface area contributed by atoms with Crippen molar-refractivity contribution in [3.05, 3.63) is 24.3 Å². The minimum absolute atomic E-state index is 0.0132. The maximum Gasteiger partial charge on any atom is 0.279 e. The van der Waals surface area contributed by atoms with Gasteiger partial charge in [-0.25, -0.2) is 0 Å². The highest BCUT2D eigenvalue weighted by atomic mass is 16.5. The molecule has 4 heteroatoms. The number of amides is 1. The zero-order valence-electron chi connectivity index (χ0n) is 8.41. The number of carbonyl (C=O) groups is 1. The van der Waals surface area contributed by atoms with E-state index in [9.17, 15) is 4.79 Å². The number of methoxy groups -OCH3 is 1. The first kappa shape index (κ1) is 10.5. The van der Waals surface area contributed by atoms with Crippen LogP contribution < -0.4 is 15.4 Å². The number of carbonyl (C=O) groups excluding carboxylic acids is 1. The number of anilines is 1. The van der Waals surface area contributed by atoms with Gasteiger partial charge in [-0.1, -0.05) is 6.07 Å². The minimum atomic E-state index is -0.0132. The largest absolute Gasteiger partial charge is 0.497 e. The third kappa shape index (κ3) is 3.06. The van der Waals surface area contributed by atoms with E-state index in [4.69, 9.17) is 4.74 Å². The molecule has 1 amide bonds. The van der Waals surface area contributed by atoms with Crippen LogP contribution in [0.2, 0.25) is 0 Å². The van der Waals surface area contributed by atoms with Crippen molar-refractivity contribution in [3.63, 3.8) is 0 Å². The summed E-state index contributed by atoms with van der Waals surface area (Å²) in [5.74, 6) is 0.726. The molecule has 1 rings (SSSR count). The lowest BCUT2D eigenvalue weighted by molar-refractivity contribution is -0.615. The summed E-state index contributed by atoms with van der Waals surface area (Å²) in [7, 11) is 3.45. The van der Waals surface area contributed by atoms with E-state index >= 15 is 0 Å². The van der Waals surface area contributed by atoms with Gasteiger partial charge in [0.25, 0.3) is 5.91 Å². The van der Waals surface area contributed by atoms with Gasteiger partial charge in [0.1, 0.15) is 5.75 Å². The number of benzene rings is 1. The topological polar surface area (TPSA) is 54.9 Å². The monoisotopic (exact) mass is 195 g/mol. The van der Waals surface area contributed by atoms with Crippen LogP contribution in [0.15, 0.2) is 24.3 Å². The van der Waals surface area contributed by atoms with Gasteiger partial charge < -0.3 is 15.4 Å². The first-order valence-electron chi connectivity index (χ1n) is 4.48. The van der Waals surface area contributed by atoms with Crippen molar-refractivity contribution in [3.8, 4) is 5.75 Å². The van der Waals surface area contributed by atoms with E-state index in [0.717, 1.165) is 11.4 Å². The van der Waals surface area contributed by atoms with E-state index in [1.807, 2.05) is 30.6 Å². The minimum Gasteiger partial charge on any atom is -0.497 e. The molecule has 0 saturated carbocycles. The molecule has 0 heterocycles. The Morgan fingerprint density at radius 2 is 2.36 bits per heavy atom. The van der Waals surface area contributed by atoms with E-state index in [1.165, 1.54) is 0 Å². The maximum atomic E-state index is 11.2. The van der Waals surface area contributed by atoms with Crippen LogP contribution >= 0.6 is 0 Å². The Bertz CT molecular complexity index is 313. The van der Waals surface area contributed by atoms with Gasteiger partial charge in [0.2, 0.25) is 0 Å². The molecule has 0 aliphatic carbocycles. The molecule has 0 radical (unpaired) electrons. The van der Waals surface area contributed by atoms with Gasteiger partial charge in [-0.15, -0.1) is 0 Å². The van der Waals surface area contributed by atoms with Crippen LogP contribution in [0, 0.1) is 0 Å². The Hall–Kier alpha value is -1.55. The molecule has 1 aromatic rings. The second-order valence-corrected chi connectivity index (χ2v) is 2.89. The van der Waals surface area contributed by atoms with Crippen LogP contribution in [-0.4, -0.2) is 26.6 Å². The van der Waals surface area contributed by atoms with Crippen molar-refractivity contribution >= 4 is 11.6 Å². The number of quaternary nitrogens is 1. The molecule has 0 unspecified atom stereocenters. The number of ether oxygens (including phenoxy) is 1. The molecule has 0 aromatic heterocycles. The SMILES string of the molecule is C[NH2+]CC(=O)Nc1cccc(OC)c1. The number of hydrogen-bond acceptors (Lipinski definition) is 2. The summed E-state index contributed by atoms with van der Waals surface area (Å²) in [5, 5.41) is 4.58. The molecular weight excluding hydrogens is 180 g/mol. The Labute approximate surface area is 83.3 Å². The van der Waals surface area contributed by atoms with Crippen molar-refractivity contribution in [1.82, 2.24) is 0 Å². The van der Waals surface area contributed by atoms with E-state index in [-0.39, 0.29) is 5.91 Å². The summed E-state index contributed by atoms with van der Waals surface area (Å²) < 4.78 is 5.04. The molecule has 0 atom stereocenters. The zero-order valence-corrected chi connectivity index (χ0v) is 8.41. The van der Waals surface area contributed by atoms with Crippen LogP contribution in [0.3, 0.4) is 0 Å². The van der Waals surface area contributed by atoms with Gasteiger partial charge >= 0.3 is 0 Å². The fraction of sp³-hybridized carbons (Fsp3) is 0.300. The molecule has 0 spiro atoms. The summed E-state index contributed by atoms with van der Waals surface area (Å²) in [6.07, 6.45) is 0. The fourth-order valence-electron chi connectivity index (χ4n) is 1.10. The van der Waals surface area contributed by atoms with Gasteiger partial charge in [-0.3, -0.25) is 4.79 Å². The summed E-state index contributed by atoms with van der Waals surface area (Å²) in [6, 6.07) is 7.29. The normalized spacial score (nSPS) is 9.57. The molecule has 0 aliphatic heterocycles. The van der Waals surface area contributed by atoms with Crippen LogP contribution in [0.1, 0.15) is 0 Å². The zero-order chi connectivity index (χ0) is 10.4.